The molecule has 19 heavy (non-hydrogen) atoms. The normalized spacial score (nSPS) is 48.7. The van der Waals surface area contributed by atoms with Crippen LogP contribution in [0, 0.1) is 5.92 Å². The zero-order chi connectivity index (χ0) is 13.8. The largest absolute Gasteiger partial charge is 0.454 e. The topological polar surface area (TPSA) is 59.1 Å². The van der Waals surface area contributed by atoms with E-state index in [2.05, 4.69) is 13.5 Å². The van der Waals surface area contributed by atoms with Gasteiger partial charge in [-0.15, -0.1) is 0 Å². The summed E-state index contributed by atoms with van der Waals surface area (Å²) in [6.45, 7) is 7.79. The van der Waals surface area contributed by atoms with Gasteiger partial charge in [-0.2, -0.15) is 0 Å². The van der Waals surface area contributed by atoms with Crippen molar-refractivity contribution in [3.63, 3.8) is 0 Å². The van der Waals surface area contributed by atoms with E-state index in [4.69, 9.17) is 9.47 Å². The van der Waals surface area contributed by atoms with Crippen molar-refractivity contribution in [2.24, 2.45) is 5.92 Å². The highest BCUT2D eigenvalue weighted by Crippen LogP contribution is 2.46. The number of carbonyl (C=O) groups excluding carboxylic acids is 1. The maximum Gasteiger partial charge on any atom is 0.334 e. The van der Waals surface area contributed by atoms with Gasteiger partial charge in [-0.1, -0.05) is 6.58 Å². The second-order valence-corrected chi connectivity index (χ2v) is 6.12. The lowest BCUT2D eigenvalue weighted by Crippen LogP contribution is -2.24. The molecular weight excluding hydrogens is 244 g/mol. The van der Waals surface area contributed by atoms with Gasteiger partial charge in [0, 0.05) is 17.9 Å². The minimum Gasteiger partial charge on any atom is -0.454 e. The third-order valence-electron chi connectivity index (χ3n) is 4.73. The van der Waals surface area contributed by atoms with E-state index in [1.807, 2.05) is 13.0 Å². The zero-order valence-electron chi connectivity index (χ0n) is 11.4. The van der Waals surface area contributed by atoms with Crippen LogP contribution in [0.15, 0.2) is 23.8 Å². The lowest BCUT2D eigenvalue weighted by atomic mass is 9.84. The molecule has 2 saturated heterocycles. The van der Waals surface area contributed by atoms with E-state index < -0.39 is 6.10 Å². The van der Waals surface area contributed by atoms with E-state index in [1.54, 1.807) is 0 Å². The molecule has 0 aromatic heterocycles. The highest BCUT2D eigenvalue weighted by atomic mass is 16.6. The van der Waals surface area contributed by atoms with Crippen LogP contribution in [-0.2, 0) is 14.3 Å². The Labute approximate surface area is 113 Å². The molecule has 1 aliphatic carbocycles. The molecule has 0 amide bonds. The number of hydrogen-bond acceptors (Lipinski definition) is 4. The Hall–Kier alpha value is -1.13. The molecule has 0 spiro atoms. The van der Waals surface area contributed by atoms with Gasteiger partial charge in [0.05, 0.1) is 17.8 Å². The fourth-order valence-electron chi connectivity index (χ4n) is 3.13. The quantitative estimate of drug-likeness (QED) is 0.313. The summed E-state index contributed by atoms with van der Waals surface area (Å²) in [5, 5.41) is 10.2. The minimum atomic E-state index is -0.529. The molecule has 2 aliphatic heterocycles. The van der Waals surface area contributed by atoms with Gasteiger partial charge in [-0.3, -0.25) is 0 Å². The van der Waals surface area contributed by atoms with Crippen LogP contribution < -0.4 is 0 Å². The molecule has 1 unspecified atom stereocenters. The number of aliphatic hydroxyl groups excluding tert-OH is 1. The van der Waals surface area contributed by atoms with Crippen LogP contribution >= 0.6 is 0 Å². The Kier molecular flexibility index (Phi) is 2.84. The monoisotopic (exact) mass is 264 g/mol. The van der Waals surface area contributed by atoms with Gasteiger partial charge in [0.2, 0.25) is 0 Å². The number of epoxide rings is 1. The van der Waals surface area contributed by atoms with Crippen molar-refractivity contribution in [3.8, 4) is 0 Å². The Bertz CT molecular complexity index is 467. The molecular formula is C15H20O4. The van der Waals surface area contributed by atoms with Crippen LogP contribution in [0.25, 0.3) is 0 Å². The first-order chi connectivity index (χ1) is 8.90. The Balaban J connectivity index is 1.89. The van der Waals surface area contributed by atoms with Crippen LogP contribution in [0.1, 0.15) is 33.1 Å². The molecule has 104 valence electrons. The van der Waals surface area contributed by atoms with E-state index in [0.717, 1.165) is 18.4 Å². The van der Waals surface area contributed by atoms with Crippen molar-refractivity contribution in [1.82, 2.24) is 0 Å². The summed E-state index contributed by atoms with van der Waals surface area (Å²) in [5.74, 6) is -0.305. The van der Waals surface area contributed by atoms with Gasteiger partial charge in [-0.25, -0.2) is 4.79 Å². The zero-order valence-corrected chi connectivity index (χ0v) is 11.4. The third-order valence-corrected chi connectivity index (χ3v) is 4.73. The predicted molar refractivity (Wildman–Crippen MR) is 69.4 cm³/mol. The minimum absolute atomic E-state index is 0.00873. The number of rotatable bonds is 0. The van der Waals surface area contributed by atoms with Gasteiger partial charge in [0.1, 0.15) is 6.10 Å². The standard InChI is InChI=1S/C15H20O4/c1-8-6-12-10(9(2)14(17)18-12)4-5-15(3)13(19-15)7-11(8)16/h6,10-13,16H,2,4-5,7H2,1,3H3/b8-6-/t10-,11-,12?,13+,15+/m0/s1. The predicted octanol–water partition coefficient (Wildman–Crippen LogP) is 1.73. The molecule has 4 nitrogen and oxygen atoms in total. The molecule has 0 bridgehead atoms. The number of hydrogen-bond donors (Lipinski definition) is 1. The van der Waals surface area contributed by atoms with E-state index >= 15 is 0 Å². The van der Waals surface area contributed by atoms with Crippen LogP contribution in [-0.4, -0.2) is 35.0 Å². The van der Waals surface area contributed by atoms with Crippen molar-refractivity contribution < 1.29 is 19.4 Å². The molecule has 2 heterocycles. The van der Waals surface area contributed by atoms with Gasteiger partial charge < -0.3 is 14.6 Å². The first kappa shape index (κ1) is 12.9. The highest BCUT2D eigenvalue weighted by molar-refractivity contribution is 5.91. The average Bonchev–Trinajstić information content (AvgIpc) is 2.89. The van der Waals surface area contributed by atoms with Gasteiger partial charge >= 0.3 is 5.97 Å². The summed E-state index contributed by atoms with van der Waals surface area (Å²) in [4.78, 5) is 11.7. The SMILES string of the molecule is C=C1C(=O)OC2/C=C(/C)[C@@H](O)C[C@H]3O[C@]3(C)CC[C@@H]12. The van der Waals surface area contributed by atoms with E-state index in [-0.39, 0.29) is 29.7 Å². The Morgan fingerprint density at radius 1 is 1.53 bits per heavy atom. The molecule has 0 radical (unpaired) electrons. The molecule has 3 aliphatic rings. The number of esters is 1. The van der Waals surface area contributed by atoms with Gasteiger partial charge in [0.25, 0.3) is 0 Å². The average molecular weight is 264 g/mol. The van der Waals surface area contributed by atoms with Crippen LogP contribution in [0.3, 0.4) is 0 Å². The van der Waals surface area contributed by atoms with Crippen LogP contribution in [0.4, 0.5) is 0 Å². The number of ether oxygens (including phenoxy) is 2. The highest BCUT2D eigenvalue weighted by Gasteiger charge is 2.53. The molecule has 5 atom stereocenters. The molecule has 3 rings (SSSR count). The van der Waals surface area contributed by atoms with Crippen LogP contribution in [0.2, 0.25) is 0 Å². The third kappa shape index (κ3) is 2.13. The number of fused-ring (bicyclic) bond motifs is 2. The summed E-state index contributed by atoms with van der Waals surface area (Å²) in [6, 6.07) is 0. The first-order valence-corrected chi connectivity index (χ1v) is 6.85. The van der Waals surface area contributed by atoms with E-state index in [1.165, 1.54) is 0 Å². The van der Waals surface area contributed by atoms with Crippen molar-refractivity contribution in [1.29, 1.82) is 0 Å². The lowest BCUT2D eigenvalue weighted by molar-refractivity contribution is -0.137. The molecule has 0 aromatic rings. The Morgan fingerprint density at radius 2 is 2.26 bits per heavy atom. The van der Waals surface area contributed by atoms with Crippen LogP contribution in [0.5, 0.6) is 0 Å². The maximum absolute atomic E-state index is 11.7. The smallest absolute Gasteiger partial charge is 0.334 e. The summed E-state index contributed by atoms with van der Waals surface area (Å²) < 4.78 is 11.1. The molecule has 2 fully saturated rings. The summed E-state index contributed by atoms with van der Waals surface area (Å²) in [5.41, 5.74) is 1.23. The molecule has 0 saturated carbocycles. The number of aliphatic hydroxyl groups is 1. The van der Waals surface area contributed by atoms with Crippen molar-refractivity contribution >= 4 is 5.97 Å². The summed E-state index contributed by atoms with van der Waals surface area (Å²) in [6.07, 6.45) is 3.50. The van der Waals surface area contributed by atoms with Crippen molar-refractivity contribution in [2.45, 2.75) is 57.0 Å². The van der Waals surface area contributed by atoms with Crippen molar-refractivity contribution in [3.05, 3.63) is 23.8 Å². The fourth-order valence-corrected chi connectivity index (χ4v) is 3.13. The molecule has 1 N–H and O–H groups in total. The lowest BCUT2D eigenvalue weighted by Gasteiger charge is -2.20. The fraction of sp³-hybridized carbons (Fsp3) is 0.667. The first-order valence-electron chi connectivity index (χ1n) is 6.85. The van der Waals surface area contributed by atoms with Gasteiger partial charge in [-0.05, 0) is 38.3 Å². The summed E-state index contributed by atoms with van der Waals surface area (Å²) >= 11 is 0. The van der Waals surface area contributed by atoms with Gasteiger partial charge in [0.15, 0.2) is 0 Å². The molecule has 4 heteroatoms. The molecule has 0 aromatic carbocycles. The Morgan fingerprint density at radius 3 is 3.00 bits per heavy atom. The maximum atomic E-state index is 11.7. The number of carbonyl (C=O) groups is 1. The summed E-state index contributed by atoms with van der Waals surface area (Å²) in [7, 11) is 0. The van der Waals surface area contributed by atoms with Crippen molar-refractivity contribution in [2.75, 3.05) is 0 Å². The second kappa shape index (κ2) is 4.18. The second-order valence-electron chi connectivity index (χ2n) is 6.12. The van der Waals surface area contributed by atoms with E-state index in [0.29, 0.717) is 12.0 Å². The van der Waals surface area contributed by atoms with E-state index in [9.17, 15) is 9.90 Å².